The summed E-state index contributed by atoms with van der Waals surface area (Å²) in [6, 6.07) is 10.8. The first-order chi connectivity index (χ1) is 13.6. The number of fused-ring (bicyclic) bond motifs is 1. The molecule has 1 fully saturated rings. The number of amides is 1. The molecule has 28 heavy (non-hydrogen) atoms. The van der Waals surface area contributed by atoms with Crippen LogP contribution < -0.4 is 5.32 Å². The van der Waals surface area contributed by atoms with Crippen molar-refractivity contribution < 1.29 is 13.6 Å². The standard InChI is InChI=1S/C20H21F2N5O/c21-15-3-1-14(2-4-15)12-23-20(28)13-26-9-7-17(8-10-26)27-19-6-5-16(22)11-18(19)24-25-27/h1-6,11,17H,7-10,12-13H2,(H,23,28). The van der Waals surface area contributed by atoms with Crippen molar-refractivity contribution in [1.82, 2.24) is 25.2 Å². The van der Waals surface area contributed by atoms with Crippen molar-refractivity contribution in [2.45, 2.75) is 25.4 Å². The van der Waals surface area contributed by atoms with Crippen LogP contribution in [-0.2, 0) is 11.3 Å². The number of halogens is 2. The minimum atomic E-state index is -0.319. The molecule has 0 aliphatic carbocycles. The smallest absolute Gasteiger partial charge is 0.234 e. The third-order valence-corrected chi connectivity index (χ3v) is 5.11. The molecule has 6 nitrogen and oxygen atoms in total. The van der Waals surface area contributed by atoms with E-state index in [4.69, 9.17) is 0 Å². The van der Waals surface area contributed by atoms with Crippen molar-refractivity contribution in [2.24, 2.45) is 0 Å². The van der Waals surface area contributed by atoms with Gasteiger partial charge in [0.25, 0.3) is 0 Å². The van der Waals surface area contributed by atoms with E-state index in [-0.39, 0.29) is 23.6 Å². The van der Waals surface area contributed by atoms with Gasteiger partial charge in [0.15, 0.2) is 0 Å². The number of nitrogens with one attached hydrogen (secondary N) is 1. The molecule has 0 bridgehead atoms. The topological polar surface area (TPSA) is 63.1 Å². The molecule has 1 aromatic heterocycles. The summed E-state index contributed by atoms with van der Waals surface area (Å²) < 4.78 is 28.1. The van der Waals surface area contributed by atoms with Crippen molar-refractivity contribution in [3.63, 3.8) is 0 Å². The van der Waals surface area contributed by atoms with Crippen molar-refractivity contribution in [3.05, 3.63) is 59.7 Å². The lowest BCUT2D eigenvalue weighted by atomic mass is 10.0. The highest BCUT2D eigenvalue weighted by Crippen LogP contribution is 2.25. The number of hydrogen-bond donors (Lipinski definition) is 1. The zero-order valence-electron chi connectivity index (χ0n) is 15.3. The highest BCUT2D eigenvalue weighted by Gasteiger charge is 2.24. The Labute approximate surface area is 161 Å². The van der Waals surface area contributed by atoms with Crippen LogP contribution in [0.1, 0.15) is 24.4 Å². The van der Waals surface area contributed by atoms with Crippen molar-refractivity contribution in [2.75, 3.05) is 19.6 Å². The molecule has 1 aliphatic heterocycles. The van der Waals surface area contributed by atoms with Gasteiger partial charge in [-0.3, -0.25) is 9.69 Å². The Morgan fingerprint density at radius 3 is 2.54 bits per heavy atom. The van der Waals surface area contributed by atoms with Gasteiger partial charge >= 0.3 is 0 Å². The maximum Gasteiger partial charge on any atom is 0.234 e. The first kappa shape index (κ1) is 18.5. The van der Waals surface area contributed by atoms with Gasteiger partial charge < -0.3 is 5.32 Å². The van der Waals surface area contributed by atoms with Gasteiger partial charge in [-0.15, -0.1) is 5.10 Å². The molecule has 1 amide bonds. The maximum atomic E-state index is 13.3. The van der Waals surface area contributed by atoms with Crippen LogP contribution in [0.2, 0.25) is 0 Å². The van der Waals surface area contributed by atoms with Crippen LogP contribution in [0.5, 0.6) is 0 Å². The van der Waals surface area contributed by atoms with E-state index >= 15 is 0 Å². The van der Waals surface area contributed by atoms with Gasteiger partial charge in [0.05, 0.1) is 18.1 Å². The SMILES string of the molecule is O=C(CN1CCC(n2nnc3cc(F)ccc32)CC1)NCc1ccc(F)cc1. The first-order valence-electron chi connectivity index (χ1n) is 9.32. The Kier molecular flexibility index (Phi) is 5.29. The predicted octanol–water partition coefficient (Wildman–Crippen LogP) is 2.66. The summed E-state index contributed by atoms with van der Waals surface area (Å²) in [5.74, 6) is -0.659. The molecule has 0 radical (unpaired) electrons. The van der Waals surface area contributed by atoms with Gasteiger partial charge in [-0.05, 0) is 42.7 Å². The van der Waals surface area contributed by atoms with Gasteiger partial charge in [0, 0.05) is 25.7 Å². The number of aromatic nitrogens is 3. The van der Waals surface area contributed by atoms with Crippen LogP contribution in [0.25, 0.3) is 11.0 Å². The molecule has 1 aliphatic rings. The zero-order valence-corrected chi connectivity index (χ0v) is 15.3. The quantitative estimate of drug-likeness (QED) is 0.734. The van der Waals surface area contributed by atoms with Crippen LogP contribution in [0.4, 0.5) is 8.78 Å². The number of carbonyl (C=O) groups excluding carboxylic acids is 1. The summed E-state index contributed by atoms with van der Waals surface area (Å²) in [7, 11) is 0. The van der Waals surface area contributed by atoms with Gasteiger partial charge in [0.2, 0.25) is 5.91 Å². The number of carbonyl (C=O) groups is 1. The van der Waals surface area contributed by atoms with E-state index in [0.717, 1.165) is 37.0 Å². The van der Waals surface area contributed by atoms with Gasteiger partial charge in [-0.25, -0.2) is 13.5 Å². The monoisotopic (exact) mass is 385 g/mol. The fourth-order valence-corrected chi connectivity index (χ4v) is 3.57. The Balaban J connectivity index is 1.27. The molecular formula is C20H21F2N5O. The second-order valence-electron chi connectivity index (χ2n) is 7.08. The Morgan fingerprint density at radius 1 is 1.07 bits per heavy atom. The van der Waals surface area contributed by atoms with Crippen LogP contribution in [0.15, 0.2) is 42.5 Å². The number of rotatable bonds is 5. The average molecular weight is 385 g/mol. The summed E-state index contributed by atoms with van der Waals surface area (Å²) in [6.07, 6.45) is 1.70. The van der Waals surface area contributed by atoms with E-state index < -0.39 is 0 Å². The van der Waals surface area contributed by atoms with Crippen LogP contribution in [0, 0.1) is 11.6 Å². The highest BCUT2D eigenvalue weighted by atomic mass is 19.1. The molecule has 0 unspecified atom stereocenters. The minimum absolute atomic E-state index is 0.0514. The van der Waals surface area contributed by atoms with Crippen molar-refractivity contribution in [3.8, 4) is 0 Å². The molecule has 4 rings (SSSR count). The molecule has 0 spiro atoms. The molecule has 1 N–H and O–H groups in total. The predicted molar refractivity (Wildman–Crippen MR) is 100 cm³/mol. The number of piperidine rings is 1. The third kappa shape index (κ3) is 4.17. The molecule has 8 heteroatoms. The molecule has 0 saturated carbocycles. The Morgan fingerprint density at radius 2 is 1.79 bits per heavy atom. The van der Waals surface area contributed by atoms with Crippen LogP contribution in [0.3, 0.4) is 0 Å². The fourth-order valence-electron chi connectivity index (χ4n) is 3.57. The molecule has 2 heterocycles. The summed E-state index contributed by atoms with van der Waals surface area (Å²) in [6.45, 7) is 2.27. The Hall–Kier alpha value is -2.87. The lowest BCUT2D eigenvalue weighted by Gasteiger charge is -2.31. The number of hydrogen-bond acceptors (Lipinski definition) is 4. The molecule has 0 atom stereocenters. The molecular weight excluding hydrogens is 364 g/mol. The highest BCUT2D eigenvalue weighted by molar-refractivity contribution is 5.78. The third-order valence-electron chi connectivity index (χ3n) is 5.11. The van der Waals surface area contributed by atoms with Gasteiger partial charge in [-0.1, -0.05) is 17.3 Å². The second kappa shape index (κ2) is 8.02. The van der Waals surface area contributed by atoms with Crippen molar-refractivity contribution >= 4 is 16.9 Å². The van der Waals surface area contributed by atoms with E-state index in [0.29, 0.717) is 18.6 Å². The molecule has 1 saturated heterocycles. The minimum Gasteiger partial charge on any atom is -0.351 e. The number of nitrogens with zero attached hydrogens (tertiary/aromatic N) is 4. The first-order valence-corrected chi connectivity index (χ1v) is 9.32. The largest absolute Gasteiger partial charge is 0.351 e. The average Bonchev–Trinajstić information content (AvgIpc) is 3.11. The zero-order chi connectivity index (χ0) is 19.5. The summed E-state index contributed by atoms with van der Waals surface area (Å²) in [5, 5.41) is 11.1. The van der Waals surface area contributed by atoms with Gasteiger partial charge in [-0.2, -0.15) is 0 Å². The lowest BCUT2D eigenvalue weighted by Crippen LogP contribution is -2.41. The fraction of sp³-hybridized carbons (Fsp3) is 0.350. The number of benzene rings is 2. The summed E-state index contributed by atoms with van der Waals surface area (Å²) >= 11 is 0. The van der Waals surface area contributed by atoms with Crippen LogP contribution >= 0.6 is 0 Å². The van der Waals surface area contributed by atoms with Crippen LogP contribution in [-0.4, -0.2) is 45.4 Å². The van der Waals surface area contributed by atoms with Crippen molar-refractivity contribution in [1.29, 1.82) is 0 Å². The summed E-state index contributed by atoms with van der Waals surface area (Å²) in [4.78, 5) is 14.3. The summed E-state index contributed by atoms with van der Waals surface area (Å²) in [5.41, 5.74) is 2.25. The van der Waals surface area contributed by atoms with Gasteiger partial charge in [0.1, 0.15) is 17.2 Å². The van der Waals surface area contributed by atoms with E-state index in [1.165, 1.54) is 24.3 Å². The van der Waals surface area contributed by atoms with E-state index in [2.05, 4.69) is 20.5 Å². The molecule has 2 aromatic carbocycles. The van der Waals surface area contributed by atoms with E-state index in [9.17, 15) is 13.6 Å². The Bertz CT molecular complexity index is 964. The van der Waals surface area contributed by atoms with E-state index in [1.54, 1.807) is 18.2 Å². The van der Waals surface area contributed by atoms with E-state index in [1.807, 2.05) is 4.68 Å². The molecule has 3 aromatic rings. The number of likely N-dealkylation sites (tertiary alicyclic amines) is 1. The maximum absolute atomic E-state index is 13.3. The normalized spacial score (nSPS) is 15.8. The molecule has 146 valence electrons. The second-order valence-corrected chi connectivity index (χ2v) is 7.08. The lowest BCUT2D eigenvalue weighted by molar-refractivity contribution is -0.122.